The number of carbonyl (C=O) groups is 2. The Morgan fingerprint density at radius 2 is 0.986 bits per heavy atom. The largest absolute Gasteiger partial charge is 0.356 e. The lowest BCUT2D eigenvalue weighted by molar-refractivity contribution is 0.0599. The third kappa shape index (κ3) is 10.7. The summed E-state index contributed by atoms with van der Waals surface area (Å²) in [5, 5.41) is 9.86. The predicted octanol–water partition coefficient (Wildman–Crippen LogP) is 8.09. The highest BCUT2D eigenvalue weighted by atomic mass is 32.2. The van der Waals surface area contributed by atoms with E-state index in [1.165, 1.54) is 19.3 Å². The third-order valence-corrected chi connectivity index (χ3v) is 14.9. The molecule has 4 aromatic heterocycles. The highest BCUT2D eigenvalue weighted by molar-refractivity contribution is 7.92. The van der Waals surface area contributed by atoms with Gasteiger partial charge in [0.05, 0.1) is 58.5 Å². The van der Waals surface area contributed by atoms with Gasteiger partial charge in [-0.25, -0.2) is 31.3 Å². The SMILES string of the molecule is Cc1ccc(NS(C)(=O)=O)c(C(=O)N2CCCC[C@H]2c2cc3nc(C)c(C)c(C)n3n2)c1.Cc1ccc(NS(C)(=O)=O)c(C(=O)N2CCCC[C@H]2c2cc3nc(C)c(C)c(N4CCCCC4)n3n2)c1. The molecule has 2 N–H and O–H groups in total. The van der Waals surface area contributed by atoms with Gasteiger partial charge in [0.25, 0.3) is 11.8 Å². The molecule has 17 nitrogen and oxygen atoms in total. The van der Waals surface area contributed by atoms with Crippen LogP contribution >= 0.6 is 0 Å². The molecule has 0 bridgehead atoms. The fourth-order valence-electron chi connectivity index (χ4n) is 9.92. The molecule has 0 radical (unpaired) electrons. The van der Waals surface area contributed by atoms with Crippen molar-refractivity contribution in [3.63, 3.8) is 0 Å². The number of amides is 2. The van der Waals surface area contributed by atoms with Gasteiger partial charge in [0.1, 0.15) is 5.82 Å². The lowest BCUT2D eigenvalue weighted by Gasteiger charge is -2.35. The number of anilines is 3. The Morgan fingerprint density at radius 3 is 1.46 bits per heavy atom. The minimum Gasteiger partial charge on any atom is -0.356 e. The molecule has 368 valence electrons. The van der Waals surface area contributed by atoms with Crippen molar-refractivity contribution in [2.24, 2.45) is 0 Å². The summed E-state index contributed by atoms with van der Waals surface area (Å²) < 4.78 is 56.5. The molecule has 69 heavy (non-hydrogen) atoms. The van der Waals surface area contributed by atoms with E-state index in [4.69, 9.17) is 15.2 Å². The fraction of sp³-hybridized carbons (Fsp3) is 0.480. The van der Waals surface area contributed by atoms with Crippen LogP contribution in [0.3, 0.4) is 0 Å². The van der Waals surface area contributed by atoms with Crippen molar-refractivity contribution < 1.29 is 26.4 Å². The normalized spacial score (nSPS) is 18.0. The maximum absolute atomic E-state index is 13.9. The Labute approximate surface area is 405 Å². The van der Waals surface area contributed by atoms with E-state index >= 15 is 0 Å². The number of nitrogens with one attached hydrogen (secondary N) is 2. The van der Waals surface area contributed by atoms with Crippen molar-refractivity contribution in [2.45, 2.75) is 118 Å². The van der Waals surface area contributed by atoms with Gasteiger partial charge in [-0.3, -0.25) is 19.0 Å². The Bertz CT molecular complexity index is 3180. The molecule has 3 aliphatic rings. The molecule has 9 rings (SSSR count). The molecular formula is C50H65N11O6S2. The van der Waals surface area contributed by atoms with Crippen LogP contribution in [0.4, 0.5) is 17.2 Å². The number of hydrogen-bond donors (Lipinski definition) is 2. The van der Waals surface area contributed by atoms with Crippen molar-refractivity contribution in [3.8, 4) is 0 Å². The smallest absolute Gasteiger partial charge is 0.256 e. The van der Waals surface area contributed by atoms with E-state index < -0.39 is 20.0 Å². The zero-order chi connectivity index (χ0) is 49.5. The quantitative estimate of drug-likeness (QED) is 0.142. The predicted molar refractivity (Wildman–Crippen MR) is 270 cm³/mol. The first-order valence-corrected chi connectivity index (χ1v) is 27.7. The summed E-state index contributed by atoms with van der Waals surface area (Å²) in [6, 6.07) is 14.0. The van der Waals surface area contributed by atoms with Crippen molar-refractivity contribution in [2.75, 3.05) is 53.0 Å². The Kier molecular flexibility index (Phi) is 14.1. The molecule has 7 heterocycles. The average Bonchev–Trinajstić information content (AvgIpc) is 3.93. The van der Waals surface area contributed by atoms with Crippen LogP contribution in [0.2, 0.25) is 0 Å². The lowest BCUT2D eigenvalue weighted by atomic mass is 9.97. The minimum absolute atomic E-state index is 0.187. The highest BCUT2D eigenvalue weighted by Crippen LogP contribution is 2.37. The maximum Gasteiger partial charge on any atom is 0.256 e. The second kappa shape index (κ2) is 19.7. The van der Waals surface area contributed by atoms with Crippen molar-refractivity contribution in [1.29, 1.82) is 0 Å². The fourth-order valence-corrected chi connectivity index (χ4v) is 11.1. The van der Waals surface area contributed by atoms with Crippen LogP contribution in [-0.2, 0) is 20.0 Å². The first-order chi connectivity index (χ1) is 32.7. The van der Waals surface area contributed by atoms with Crippen LogP contribution in [-0.4, -0.2) is 106 Å². The van der Waals surface area contributed by atoms with E-state index in [1.54, 1.807) is 36.4 Å². The molecular weight excluding hydrogens is 915 g/mol. The Morgan fingerprint density at radius 1 is 0.551 bits per heavy atom. The van der Waals surface area contributed by atoms with Gasteiger partial charge >= 0.3 is 0 Å². The van der Waals surface area contributed by atoms with Gasteiger partial charge in [-0.1, -0.05) is 23.3 Å². The number of carbonyl (C=O) groups excluding carboxylic acids is 2. The van der Waals surface area contributed by atoms with E-state index in [0.29, 0.717) is 35.6 Å². The molecule has 2 atom stereocenters. The van der Waals surface area contributed by atoms with Gasteiger partial charge in [0, 0.05) is 61.0 Å². The van der Waals surface area contributed by atoms with Crippen molar-refractivity contribution in [3.05, 3.63) is 110 Å². The second-order valence-electron chi connectivity index (χ2n) is 19.1. The molecule has 0 aliphatic carbocycles. The van der Waals surface area contributed by atoms with Gasteiger partial charge in [-0.2, -0.15) is 14.7 Å². The number of fused-ring (bicyclic) bond motifs is 2. The van der Waals surface area contributed by atoms with Crippen LogP contribution in [0.5, 0.6) is 0 Å². The number of rotatable bonds is 9. The first kappa shape index (κ1) is 49.3. The zero-order valence-electron chi connectivity index (χ0n) is 41.3. The van der Waals surface area contributed by atoms with Gasteiger partial charge in [0.2, 0.25) is 20.0 Å². The number of aromatic nitrogens is 6. The molecule has 6 aromatic rings. The molecule has 0 saturated carbocycles. The number of sulfonamides is 2. The molecule has 3 fully saturated rings. The molecule has 0 unspecified atom stereocenters. The summed E-state index contributed by atoms with van der Waals surface area (Å²) in [6.07, 6.45) is 11.1. The Balaban J connectivity index is 0.000000188. The van der Waals surface area contributed by atoms with Crippen molar-refractivity contribution >= 4 is 60.3 Å². The lowest BCUT2D eigenvalue weighted by Crippen LogP contribution is -2.39. The number of nitrogens with zero attached hydrogens (tertiary/aromatic N) is 9. The Hall–Kier alpha value is -6.08. The molecule has 0 spiro atoms. The molecule has 2 aromatic carbocycles. The van der Waals surface area contributed by atoms with Gasteiger partial charge < -0.3 is 14.7 Å². The maximum atomic E-state index is 13.9. The summed E-state index contributed by atoms with van der Waals surface area (Å²) in [5.74, 6) is 0.715. The average molecular weight is 980 g/mol. The van der Waals surface area contributed by atoms with Gasteiger partial charge in [-0.05, 0) is 136 Å². The number of benzene rings is 2. The monoisotopic (exact) mass is 979 g/mol. The summed E-state index contributed by atoms with van der Waals surface area (Å²) in [6.45, 7) is 17.2. The summed E-state index contributed by atoms with van der Waals surface area (Å²) in [5.41, 5.74) is 11.5. The zero-order valence-corrected chi connectivity index (χ0v) is 42.9. The minimum atomic E-state index is -3.53. The number of piperidine rings is 3. The van der Waals surface area contributed by atoms with E-state index in [-0.39, 0.29) is 23.9 Å². The van der Waals surface area contributed by atoms with Crippen LogP contribution in [0.15, 0.2) is 48.5 Å². The third-order valence-electron chi connectivity index (χ3n) is 13.7. The number of hydrogen-bond acceptors (Lipinski definition) is 11. The van der Waals surface area contributed by atoms with Crippen molar-refractivity contribution in [1.82, 2.24) is 39.0 Å². The van der Waals surface area contributed by atoms with E-state index in [2.05, 4.69) is 26.3 Å². The topological polar surface area (TPSA) is 197 Å². The first-order valence-electron chi connectivity index (χ1n) is 23.9. The second-order valence-corrected chi connectivity index (χ2v) is 22.6. The molecule has 19 heteroatoms. The van der Waals surface area contributed by atoms with E-state index in [0.717, 1.165) is 132 Å². The standard InChI is InChI=1S/C27H36N6O3S.C23H29N5O3S/c1-18-11-12-22(30-37(4,35)36)21(16-18)27(34)32-15-9-6-10-24(32)23-17-25-28-20(3)19(2)26(33(25)29-23)31-13-7-5-8-14-31;1-14-9-10-19(26-32(5,30)31)18(12-14)23(29)27-11-7-6-8-21(27)20-13-22-24-16(3)15(2)17(4)28(22)25-20/h11-12,16-17,24,30H,5-10,13-15H2,1-4H3;9-10,12-13,21,26H,6-8,11H2,1-5H3/t24-;21-/m00/s1. The number of aryl methyl sites for hydroxylation is 5. The van der Waals surface area contributed by atoms with Crippen LogP contribution in [0.1, 0.15) is 141 Å². The van der Waals surface area contributed by atoms with Crippen LogP contribution in [0.25, 0.3) is 11.3 Å². The molecule has 3 saturated heterocycles. The summed E-state index contributed by atoms with van der Waals surface area (Å²) in [4.78, 5) is 43.2. The molecule has 2 amide bonds. The highest BCUT2D eigenvalue weighted by Gasteiger charge is 2.35. The van der Waals surface area contributed by atoms with Gasteiger partial charge in [-0.15, -0.1) is 0 Å². The number of likely N-dealkylation sites (tertiary alicyclic amines) is 2. The summed E-state index contributed by atoms with van der Waals surface area (Å²) in [7, 11) is -7.05. The van der Waals surface area contributed by atoms with Gasteiger partial charge in [0.15, 0.2) is 11.3 Å². The molecule has 3 aliphatic heterocycles. The van der Waals surface area contributed by atoms with Crippen LogP contribution < -0.4 is 14.3 Å². The summed E-state index contributed by atoms with van der Waals surface area (Å²) >= 11 is 0. The van der Waals surface area contributed by atoms with E-state index in [9.17, 15) is 26.4 Å². The van der Waals surface area contributed by atoms with Crippen LogP contribution in [0, 0.1) is 48.5 Å². The van der Waals surface area contributed by atoms with E-state index in [1.807, 2.05) is 72.5 Å².